The van der Waals surface area contributed by atoms with Gasteiger partial charge in [-0.15, -0.1) is 0 Å². The van der Waals surface area contributed by atoms with Crippen LogP contribution in [0, 0.1) is 0 Å². The van der Waals surface area contributed by atoms with Crippen molar-refractivity contribution in [2.24, 2.45) is 7.05 Å². The molecule has 6 nitrogen and oxygen atoms in total. The maximum Gasteiger partial charge on any atom is 0.325 e. The molecular weight excluding hydrogens is 186 g/mol. The van der Waals surface area contributed by atoms with Crippen molar-refractivity contribution in [2.45, 2.75) is 6.42 Å². The van der Waals surface area contributed by atoms with Crippen LogP contribution in [0.15, 0.2) is 11.0 Å². The van der Waals surface area contributed by atoms with Gasteiger partial charge in [0.25, 0.3) is 0 Å². The minimum Gasteiger partial charge on any atom is -0.349 e. The van der Waals surface area contributed by atoms with Crippen molar-refractivity contribution >= 4 is 12.2 Å². The van der Waals surface area contributed by atoms with E-state index >= 15 is 0 Å². The first-order chi connectivity index (χ1) is 6.65. The van der Waals surface area contributed by atoms with E-state index < -0.39 is 0 Å². The molecule has 0 bridgehead atoms. The zero-order valence-electron chi connectivity index (χ0n) is 7.74. The first kappa shape index (κ1) is 10.2. The molecule has 0 aliphatic heterocycles. The zero-order valence-corrected chi connectivity index (χ0v) is 7.74. The highest BCUT2D eigenvalue weighted by Crippen LogP contribution is 1.93. The topological polar surface area (TPSA) is 84.0 Å². The number of H-pyrrole nitrogens is 1. The largest absolute Gasteiger partial charge is 0.349 e. The number of aldehydes is 1. The van der Waals surface area contributed by atoms with E-state index in [1.807, 2.05) is 0 Å². The fraction of sp³-hybridized carbons (Fsp3) is 0.375. The first-order valence-corrected chi connectivity index (χ1v) is 4.08. The van der Waals surface area contributed by atoms with Gasteiger partial charge < -0.3 is 15.1 Å². The zero-order chi connectivity index (χ0) is 10.6. The third-order valence-electron chi connectivity index (χ3n) is 1.82. The van der Waals surface area contributed by atoms with Gasteiger partial charge in [0.15, 0.2) is 0 Å². The number of imidazole rings is 1. The lowest BCUT2D eigenvalue weighted by atomic mass is 10.3. The molecule has 0 aliphatic rings. The van der Waals surface area contributed by atoms with Gasteiger partial charge in [-0.25, -0.2) is 4.79 Å². The highest BCUT2D eigenvalue weighted by Gasteiger charge is 2.07. The average Bonchev–Trinajstić information content (AvgIpc) is 2.46. The number of nitrogens with one attached hydrogen (secondary N) is 2. The molecule has 14 heavy (non-hydrogen) atoms. The summed E-state index contributed by atoms with van der Waals surface area (Å²) in [6, 6.07) is 0. The van der Waals surface area contributed by atoms with Crippen molar-refractivity contribution < 1.29 is 9.59 Å². The standard InChI is InChI=1S/C8H11N3O3/c1-11-6(5-10-8(11)14)4-7(13)9-2-3-12/h3,5H,2,4H2,1H3,(H,9,13)(H,10,14). The van der Waals surface area contributed by atoms with Gasteiger partial charge in [0.2, 0.25) is 5.91 Å². The molecule has 0 spiro atoms. The van der Waals surface area contributed by atoms with Gasteiger partial charge in [-0.2, -0.15) is 0 Å². The summed E-state index contributed by atoms with van der Waals surface area (Å²) >= 11 is 0. The van der Waals surface area contributed by atoms with Crippen LogP contribution in [-0.4, -0.2) is 28.3 Å². The van der Waals surface area contributed by atoms with Crippen molar-refractivity contribution in [1.29, 1.82) is 0 Å². The molecule has 0 saturated heterocycles. The van der Waals surface area contributed by atoms with E-state index in [0.29, 0.717) is 12.0 Å². The molecule has 0 radical (unpaired) electrons. The fourth-order valence-electron chi connectivity index (χ4n) is 1.02. The Bertz CT molecular complexity index is 391. The third-order valence-corrected chi connectivity index (χ3v) is 1.82. The molecule has 0 unspecified atom stereocenters. The molecule has 0 fully saturated rings. The van der Waals surface area contributed by atoms with Gasteiger partial charge in [0.05, 0.1) is 13.0 Å². The number of carbonyl (C=O) groups excluding carboxylic acids is 2. The van der Waals surface area contributed by atoms with Gasteiger partial charge in [-0.3, -0.25) is 9.36 Å². The molecule has 1 rings (SSSR count). The van der Waals surface area contributed by atoms with E-state index in [0.717, 1.165) is 0 Å². The lowest BCUT2D eigenvalue weighted by Crippen LogP contribution is -2.28. The minimum absolute atomic E-state index is 0.00278. The van der Waals surface area contributed by atoms with E-state index in [-0.39, 0.29) is 24.6 Å². The molecule has 1 heterocycles. The lowest BCUT2D eigenvalue weighted by molar-refractivity contribution is -0.122. The van der Waals surface area contributed by atoms with Crippen molar-refractivity contribution in [2.75, 3.05) is 6.54 Å². The highest BCUT2D eigenvalue weighted by molar-refractivity contribution is 5.80. The van der Waals surface area contributed by atoms with Gasteiger partial charge >= 0.3 is 5.69 Å². The number of hydrogen-bond acceptors (Lipinski definition) is 3. The molecule has 0 saturated carbocycles. The van der Waals surface area contributed by atoms with Crippen molar-refractivity contribution in [3.8, 4) is 0 Å². The molecule has 0 atom stereocenters. The predicted octanol–water partition coefficient (Wildman–Crippen LogP) is -1.43. The number of aromatic nitrogens is 2. The van der Waals surface area contributed by atoms with Crippen LogP contribution in [0.25, 0.3) is 0 Å². The second-order valence-corrected chi connectivity index (χ2v) is 2.79. The number of rotatable bonds is 4. The van der Waals surface area contributed by atoms with E-state index in [2.05, 4.69) is 10.3 Å². The first-order valence-electron chi connectivity index (χ1n) is 4.08. The maximum absolute atomic E-state index is 11.1. The van der Waals surface area contributed by atoms with Crippen LogP contribution < -0.4 is 11.0 Å². The summed E-state index contributed by atoms with van der Waals surface area (Å²) in [5.41, 5.74) is 0.321. The van der Waals surface area contributed by atoms with Crippen LogP contribution in [0.2, 0.25) is 0 Å². The van der Waals surface area contributed by atoms with Crippen LogP contribution in [0.1, 0.15) is 5.69 Å². The Labute approximate surface area is 79.9 Å². The van der Waals surface area contributed by atoms with E-state index in [1.165, 1.54) is 10.8 Å². The average molecular weight is 197 g/mol. The number of carbonyl (C=O) groups is 2. The smallest absolute Gasteiger partial charge is 0.325 e. The quantitative estimate of drug-likeness (QED) is 0.580. The Kier molecular flexibility index (Phi) is 3.22. The Morgan fingerprint density at radius 1 is 1.71 bits per heavy atom. The molecule has 1 amide bonds. The summed E-state index contributed by atoms with van der Waals surface area (Å²) in [5.74, 6) is -0.285. The van der Waals surface area contributed by atoms with Gasteiger partial charge in [0.1, 0.15) is 6.29 Å². The fourth-order valence-corrected chi connectivity index (χ4v) is 1.02. The van der Waals surface area contributed by atoms with Crippen LogP contribution in [0.5, 0.6) is 0 Å². The molecule has 6 heteroatoms. The second kappa shape index (κ2) is 4.40. The molecular formula is C8H11N3O3. The summed E-state index contributed by atoms with van der Waals surface area (Å²) in [5, 5.41) is 2.38. The molecule has 76 valence electrons. The molecule has 0 aliphatic carbocycles. The lowest BCUT2D eigenvalue weighted by Gasteiger charge is -2.01. The Morgan fingerprint density at radius 2 is 2.43 bits per heavy atom. The minimum atomic E-state index is -0.285. The Morgan fingerprint density at radius 3 is 2.93 bits per heavy atom. The normalized spacial score (nSPS) is 9.79. The summed E-state index contributed by atoms with van der Waals surface area (Å²) in [4.78, 5) is 34.5. The number of nitrogens with zero attached hydrogens (tertiary/aromatic N) is 1. The summed E-state index contributed by atoms with van der Waals surface area (Å²) in [6.07, 6.45) is 2.17. The molecule has 0 aromatic carbocycles. The van der Waals surface area contributed by atoms with Gasteiger partial charge in [0, 0.05) is 18.9 Å². The molecule has 1 aromatic heterocycles. The molecule has 1 aromatic rings. The highest BCUT2D eigenvalue weighted by atomic mass is 16.2. The summed E-state index contributed by atoms with van der Waals surface area (Å²) < 4.78 is 1.35. The van der Waals surface area contributed by atoms with Crippen LogP contribution in [0.4, 0.5) is 0 Å². The van der Waals surface area contributed by atoms with Crippen molar-refractivity contribution in [1.82, 2.24) is 14.9 Å². The van der Waals surface area contributed by atoms with E-state index in [1.54, 1.807) is 7.05 Å². The predicted molar refractivity (Wildman–Crippen MR) is 48.8 cm³/mol. The SMILES string of the molecule is Cn1c(CC(=O)NCC=O)c[nH]c1=O. The number of aromatic amines is 1. The summed E-state index contributed by atoms with van der Waals surface area (Å²) in [6.45, 7) is -0.00278. The third kappa shape index (κ3) is 2.32. The van der Waals surface area contributed by atoms with Crippen molar-refractivity contribution in [3.05, 3.63) is 22.4 Å². The van der Waals surface area contributed by atoms with E-state index in [9.17, 15) is 14.4 Å². The maximum atomic E-state index is 11.1. The second-order valence-electron chi connectivity index (χ2n) is 2.79. The van der Waals surface area contributed by atoms with Crippen molar-refractivity contribution in [3.63, 3.8) is 0 Å². The van der Waals surface area contributed by atoms with Crippen LogP contribution >= 0.6 is 0 Å². The molecule has 2 N–H and O–H groups in total. The monoisotopic (exact) mass is 197 g/mol. The van der Waals surface area contributed by atoms with Gasteiger partial charge in [-0.05, 0) is 0 Å². The number of hydrogen-bond donors (Lipinski definition) is 2. The Balaban J connectivity index is 2.60. The van der Waals surface area contributed by atoms with Crippen LogP contribution in [0.3, 0.4) is 0 Å². The van der Waals surface area contributed by atoms with Crippen LogP contribution in [-0.2, 0) is 23.1 Å². The van der Waals surface area contributed by atoms with Gasteiger partial charge in [-0.1, -0.05) is 0 Å². The Hall–Kier alpha value is -1.85. The number of amides is 1. The van der Waals surface area contributed by atoms with E-state index in [4.69, 9.17) is 0 Å². The summed E-state index contributed by atoms with van der Waals surface area (Å²) in [7, 11) is 1.57.